The molecule has 0 bridgehead atoms. The van der Waals surface area contributed by atoms with Crippen molar-refractivity contribution in [3.63, 3.8) is 0 Å². The van der Waals surface area contributed by atoms with E-state index in [0.717, 1.165) is 25.3 Å². The molecule has 1 aromatic carbocycles. The van der Waals surface area contributed by atoms with Gasteiger partial charge in [-0.05, 0) is 30.5 Å². The second kappa shape index (κ2) is 7.26. The maximum absolute atomic E-state index is 10.7. The van der Waals surface area contributed by atoms with Gasteiger partial charge in [-0.2, -0.15) is 0 Å². The zero-order valence-corrected chi connectivity index (χ0v) is 11.1. The fraction of sp³-hybridized carbons (Fsp3) is 0.533. The number of nitrogens with one attached hydrogen (secondary N) is 1. The van der Waals surface area contributed by atoms with E-state index in [1.165, 1.54) is 25.7 Å². The van der Waals surface area contributed by atoms with E-state index < -0.39 is 5.97 Å². The van der Waals surface area contributed by atoms with Crippen molar-refractivity contribution >= 4 is 5.97 Å². The summed E-state index contributed by atoms with van der Waals surface area (Å²) >= 11 is 0. The summed E-state index contributed by atoms with van der Waals surface area (Å²) in [5, 5.41) is 12.1. The van der Waals surface area contributed by atoms with Gasteiger partial charge in [0.05, 0.1) is 18.3 Å². The van der Waals surface area contributed by atoms with Gasteiger partial charge in [-0.1, -0.05) is 25.0 Å². The Morgan fingerprint density at radius 3 is 2.58 bits per heavy atom. The van der Waals surface area contributed by atoms with E-state index >= 15 is 0 Å². The molecule has 104 valence electrons. The first-order valence-electron chi connectivity index (χ1n) is 6.90. The van der Waals surface area contributed by atoms with E-state index in [9.17, 15) is 4.79 Å². The van der Waals surface area contributed by atoms with Crippen molar-refractivity contribution in [2.24, 2.45) is 0 Å². The quantitative estimate of drug-likeness (QED) is 0.742. The highest BCUT2D eigenvalue weighted by Crippen LogP contribution is 2.20. The van der Waals surface area contributed by atoms with Gasteiger partial charge in [0.1, 0.15) is 0 Å². The molecule has 1 fully saturated rings. The van der Waals surface area contributed by atoms with Crippen LogP contribution < -0.4 is 5.32 Å². The Morgan fingerprint density at radius 1 is 1.26 bits per heavy atom. The van der Waals surface area contributed by atoms with Crippen molar-refractivity contribution in [1.82, 2.24) is 5.32 Å². The van der Waals surface area contributed by atoms with Crippen LogP contribution >= 0.6 is 0 Å². The summed E-state index contributed by atoms with van der Waals surface area (Å²) in [5.41, 5.74) is 1.42. The second-order valence-corrected chi connectivity index (χ2v) is 4.96. The number of benzene rings is 1. The van der Waals surface area contributed by atoms with Crippen molar-refractivity contribution < 1.29 is 14.6 Å². The number of rotatable bonds is 7. The number of hydrogen-bond donors (Lipinski definition) is 2. The van der Waals surface area contributed by atoms with E-state index in [0.29, 0.717) is 11.7 Å². The molecule has 2 rings (SSSR count). The van der Waals surface area contributed by atoms with Crippen LogP contribution in [-0.2, 0) is 11.3 Å². The molecule has 1 aliphatic rings. The molecule has 0 aromatic heterocycles. The molecule has 0 aliphatic heterocycles. The van der Waals surface area contributed by atoms with Crippen LogP contribution in [0.4, 0.5) is 0 Å². The zero-order chi connectivity index (χ0) is 13.5. The minimum atomic E-state index is -0.885. The lowest BCUT2D eigenvalue weighted by molar-refractivity contribution is 0.0602. The predicted octanol–water partition coefficient (Wildman–Crippen LogP) is 2.43. The second-order valence-electron chi connectivity index (χ2n) is 4.96. The first kappa shape index (κ1) is 14.0. The summed E-state index contributed by atoms with van der Waals surface area (Å²) in [4.78, 5) is 10.7. The van der Waals surface area contributed by atoms with E-state index in [-0.39, 0.29) is 0 Å². The van der Waals surface area contributed by atoms with Gasteiger partial charge in [0.2, 0.25) is 0 Å². The molecule has 4 heteroatoms. The van der Waals surface area contributed by atoms with Gasteiger partial charge in [-0.3, -0.25) is 0 Å². The monoisotopic (exact) mass is 263 g/mol. The molecule has 2 N–H and O–H groups in total. The topological polar surface area (TPSA) is 58.6 Å². The Kier molecular flexibility index (Phi) is 5.36. The zero-order valence-electron chi connectivity index (χ0n) is 11.1. The van der Waals surface area contributed by atoms with Crippen LogP contribution in [0, 0.1) is 0 Å². The van der Waals surface area contributed by atoms with Crippen LogP contribution in [0.15, 0.2) is 24.3 Å². The molecular formula is C15H21NO3. The van der Waals surface area contributed by atoms with Gasteiger partial charge >= 0.3 is 5.97 Å². The smallest absolute Gasteiger partial charge is 0.335 e. The van der Waals surface area contributed by atoms with E-state index in [2.05, 4.69) is 5.32 Å². The van der Waals surface area contributed by atoms with Crippen LogP contribution in [0.1, 0.15) is 41.6 Å². The normalized spacial score (nSPS) is 15.8. The molecule has 4 nitrogen and oxygen atoms in total. The van der Waals surface area contributed by atoms with Gasteiger partial charge in [-0.25, -0.2) is 4.79 Å². The fourth-order valence-corrected chi connectivity index (χ4v) is 2.35. The van der Waals surface area contributed by atoms with Gasteiger partial charge in [-0.15, -0.1) is 0 Å². The molecule has 0 spiro atoms. The summed E-state index contributed by atoms with van der Waals surface area (Å²) < 4.78 is 5.75. The average Bonchev–Trinajstić information content (AvgIpc) is 2.92. The molecule has 0 radical (unpaired) electrons. The molecule has 0 amide bonds. The molecule has 0 saturated heterocycles. The Labute approximate surface area is 113 Å². The van der Waals surface area contributed by atoms with Crippen LogP contribution in [0.3, 0.4) is 0 Å². The molecule has 0 unspecified atom stereocenters. The predicted molar refractivity (Wildman–Crippen MR) is 73.3 cm³/mol. The number of ether oxygens (including phenoxy) is 1. The van der Waals surface area contributed by atoms with E-state index in [4.69, 9.17) is 9.84 Å². The molecule has 0 atom stereocenters. The van der Waals surface area contributed by atoms with Gasteiger partial charge in [0.25, 0.3) is 0 Å². The first-order valence-corrected chi connectivity index (χ1v) is 6.90. The van der Waals surface area contributed by atoms with Gasteiger partial charge in [0, 0.05) is 13.1 Å². The first-order chi connectivity index (χ1) is 9.25. The number of carboxylic acid groups (broad SMARTS) is 1. The maximum Gasteiger partial charge on any atom is 0.335 e. The van der Waals surface area contributed by atoms with Gasteiger partial charge < -0.3 is 15.2 Å². The summed E-state index contributed by atoms with van der Waals surface area (Å²) in [5.74, 6) is -0.885. The third-order valence-corrected chi connectivity index (χ3v) is 3.46. The van der Waals surface area contributed by atoms with Crippen LogP contribution in [0.5, 0.6) is 0 Å². The lowest BCUT2D eigenvalue weighted by Crippen LogP contribution is -2.21. The Hall–Kier alpha value is -1.39. The fourth-order valence-electron chi connectivity index (χ4n) is 2.35. The lowest BCUT2D eigenvalue weighted by Gasteiger charge is -2.11. The largest absolute Gasteiger partial charge is 0.478 e. The number of carbonyl (C=O) groups is 1. The highest BCUT2D eigenvalue weighted by molar-refractivity contribution is 5.87. The summed E-state index contributed by atoms with van der Waals surface area (Å²) in [6, 6.07) is 6.95. The number of carboxylic acids is 1. The minimum Gasteiger partial charge on any atom is -0.478 e. The Bertz CT molecular complexity index is 396. The van der Waals surface area contributed by atoms with Crippen LogP contribution in [-0.4, -0.2) is 30.3 Å². The molecule has 1 saturated carbocycles. The third kappa shape index (κ3) is 4.65. The van der Waals surface area contributed by atoms with Crippen LogP contribution in [0.2, 0.25) is 0 Å². The number of aromatic carboxylic acids is 1. The van der Waals surface area contributed by atoms with Crippen molar-refractivity contribution in [2.75, 3.05) is 13.2 Å². The van der Waals surface area contributed by atoms with Gasteiger partial charge in [0.15, 0.2) is 0 Å². The minimum absolute atomic E-state index is 0.327. The lowest BCUT2D eigenvalue weighted by atomic mass is 10.1. The van der Waals surface area contributed by atoms with E-state index in [1.54, 1.807) is 12.1 Å². The Balaban J connectivity index is 1.61. The molecule has 1 aromatic rings. The molecule has 19 heavy (non-hydrogen) atoms. The number of hydrogen-bond acceptors (Lipinski definition) is 3. The molecular weight excluding hydrogens is 242 g/mol. The van der Waals surface area contributed by atoms with Crippen LogP contribution in [0.25, 0.3) is 0 Å². The third-order valence-electron chi connectivity index (χ3n) is 3.46. The maximum atomic E-state index is 10.7. The van der Waals surface area contributed by atoms with Crippen molar-refractivity contribution in [1.29, 1.82) is 0 Å². The van der Waals surface area contributed by atoms with Crippen molar-refractivity contribution in [3.8, 4) is 0 Å². The molecule has 0 heterocycles. The summed E-state index contributed by atoms with van der Waals surface area (Å²) in [6.07, 6.45) is 5.48. The van der Waals surface area contributed by atoms with Crippen molar-refractivity contribution in [2.45, 2.75) is 38.3 Å². The van der Waals surface area contributed by atoms with E-state index in [1.807, 2.05) is 12.1 Å². The highest BCUT2D eigenvalue weighted by Gasteiger charge is 2.14. The Morgan fingerprint density at radius 2 is 1.95 bits per heavy atom. The average molecular weight is 263 g/mol. The molecule has 1 aliphatic carbocycles. The van der Waals surface area contributed by atoms with Crippen molar-refractivity contribution in [3.05, 3.63) is 35.4 Å². The standard InChI is InChI=1S/C15H21NO3/c17-15(18)13-7-5-12(6-8-13)11-16-9-10-19-14-3-1-2-4-14/h5-8,14,16H,1-4,9-11H2,(H,17,18). The highest BCUT2D eigenvalue weighted by atomic mass is 16.5. The summed E-state index contributed by atoms with van der Waals surface area (Å²) in [7, 11) is 0. The SMILES string of the molecule is O=C(O)c1ccc(CNCCOC2CCCC2)cc1. The summed E-state index contributed by atoms with van der Waals surface area (Å²) in [6.45, 7) is 2.32.